The van der Waals surface area contributed by atoms with Crippen LogP contribution in [0.2, 0.25) is 0 Å². The molecular formula is C18H22N2O4. The molecule has 3 rings (SSSR count). The van der Waals surface area contributed by atoms with Gasteiger partial charge in [0.15, 0.2) is 11.5 Å². The molecule has 2 aromatic rings. The quantitative estimate of drug-likeness (QED) is 0.772. The van der Waals surface area contributed by atoms with E-state index in [-0.39, 0.29) is 19.4 Å². The fourth-order valence-corrected chi connectivity index (χ4v) is 2.49. The third kappa shape index (κ3) is 4.44. The van der Waals surface area contributed by atoms with Crippen molar-refractivity contribution in [1.82, 2.24) is 10.3 Å². The van der Waals surface area contributed by atoms with Crippen LogP contribution in [0.25, 0.3) is 0 Å². The van der Waals surface area contributed by atoms with Gasteiger partial charge in [0.25, 0.3) is 0 Å². The second-order valence-electron chi connectivity index (χ2n) is 5.77. The number of aliphatic hydroxyl groups is 1. The number of benzene rings is 1. The zero-order valence-corrected chi connectivity index (χ0v) is 13.6. The highest BCUT2D eigenvalue weighted by Crippen LogP contribution is 2.32. The number of fused-ring (bicyclic) bond motifs is 1. The van der Waals surface area contributed by atoms with Gasteiger partial charge in [-0.1, -0.05) is 6.07 Å². The fourth-order valence-electron chi connectivity index (χ4n) is 2.49. The zero-order chi connectivity index (χ0) is 16.8. The van der Waals surface area contributed by atoms with Gasteiger partial charge in [-0.2, -0.15) is 0 Å². The van der Waals surface area contributed by atoms with Gasteiger partial charge in [0, 0.05) is 25.0 Å². The lowest BCUT2D eigenvalue weighted by Gasteiger charge is -2.17. The summed E-state index contributed by atoms with van der Waals surface area (Å²) >= 11 is 0. The van der Waals surface area contributed by atoms with E-state index >= 15 is 0 Å². The molecule has 6 nitrogen and oxygen atoms in total. The Bertz CT molecular complexity index is 651. The molecule has 0 radical (unpaired) electrons. The molecule has 0 fully saturated rings. The van der Waals surface area contributed by atoms with Crippen LogP contribution in [0.5, 0.6) is 11.5 Å². The molecule has 0 aliphatic carbocycles. The van der Waals surface area contributed by atoms with Gasteiger partial charge in [-0.3, -0.25) is 4.98 Å². The Morgan fingerprint density at radius 3 is 2.83 bits per heavy atom. The predicted molar refractivity (Wildman–Crippen MR) is 88.9 cm³/mol. The van der Waals surface area contributed by atoms with Gasteiger partial charge in [0.2, 0.25) is 6.79 Å². The minimum absolute atomic E-state index is 0.150. The van der Waals surface area contributed by atoms with Crippen LogP contribution in [-0.2, 0) is 11.3 Å². The normalized spacial score (nSPS) is 15.2. The van der Waals surface area contributed by atoms with E-state index in [2.05, 4.69) is 17.2 Å². The molecule has 24 heavy (non-hydrogen) atoms. The van der Waals surface area contributed by atoms with Crippen molar-refractivity contribution in [3.05, 3.63) is 53.9 Å². The van der Waals surface area contributed by atoms with E-state index in [4.69, 9.17) is 14.2 Å². The number of hydrogen-bond acceptors (Lipinski definition) is 6. The monoisotopic (exact) mass is 330 g/mol. The van der Waals surface area contributed by atoms with E-state index in [1.54, 1.807) is 12.4 Å². The molecule has 1 aliphatic heterocycles. The molecule has 0 amide bonds. The van der Waals surface area contributed by atoms with E-state index in [0.717, 1.165) is 22.6 Å². The Labute approximate surface area is 141 Å². The standard InChI is InChI=1S/C18H22N2O4/c1-13(15-4-6-19-7-5-15)20-9-16(21)11-22-10-14-2-3-17-18(8-14)24-12-23-17/h2-8,13,16,20-21H,9-12H2,1H3. The van der Waals surface area contributed by atoms with Gasteiger partial charge in [0.05, 0.1) is 19.3 Å². The predicted octanol–water partition coefficient (Wildman–Crippen LogP) is 2.04. The number of aromatic nitrogens is 1. The van der Waals surface area contributed by atoms with E-state index in [1.165, 1.54) is 0 Å². The van der Waals surface area contributed by atoms with Crippen LogP contribution in [0.4, 0.5) is 0 Å². The Morgan fingerprint density at radius 2 is 2.00 bits per heavy atom. The Balaban J connectivity index is 1.37. The molecule has 2 atom stereocenters. The Kier molecular flexibility index (Phi) is 5.63. The first-order valence-electron chi connectivity index (χ1n) is 8.00. The van der Waals surface area contributed by atoms with Gasteiger partial charge in [-0.15, -0.1) is 0 Å². The van der Waals surface area contributed by atoms with Crippen LogP contribution >= 0.6 is 0 Å². The van der Waals surface area contributed by atoms with E-state index < -0.39 is 6.10 Å². The molecule has 0 saturated carbocycles. The summed E-state index contributed by atoms with van der Waals surface area (Å²) in [5.41, 5.74) is 2.13. The lowest BCUT2D eigenvalue weighted by atomic mass is 10.1. The number of aliphatic hydroxyl groups excluding tert-OH is 1. The third-order valence-electron chi connectivity index (χ3n) is 3.88. The number of nitrogens with zero attached hydrogens (tertiary/aromatic N) is 1. The van der Waals surface area contributed by atoms with Crippen molar-refractivity contribution >= 4 is 0 Å². The van der Waals surface area contributed by atoms with Crippen molar-refractivity contribution in [3.8, 4) is 11.5 Å². The van der Waals surface area contributed by atoms with Crippen LogP contribution in [0.15, 0.2) is 42.7 Å². The lowest BCUT2D eigenvalue weighted by Crippen LogP contribution is -2.32. The lowest BCUT2D eigenvalue weighted by molar-refractivity contribution is 0.0278. The molecule has 2 heterocycles. The van der Waals surface area contributed by atoms with E-state index in [0.29, 0.717) is 13.2 Å². The average Bonchev–Trinajstić information content (AvgIpc) is 3.08. The topological polar surface area (TPSA) is 72.8 Å². The van der Waals surface area contributed by atoms with Crippen molar-refractivity contribution in [1.29, 1.82) is 0 Å². The summed E-state index contributed by atoms with van der Waals surface area (Å²) in [7, 11) is 0. The van der Waals surface area contributed by atoms with Crippen LogP contribution in [0.3, 0.4) is 0 Å². The van der Waals surface area contributed by atoms with Crippen molar-refractivity contribution in [2.24, 2.45) is 0 Å². The molecule has 1 aromatic heterocycles. The molecule has 2 unspecified atom stereocenters. The van der Waals surface area contributed by atoms with Crippen LogP contribution in [-0.4, -0.2) is 36.1 Å². The van der Waals surface area contributed by atoms with Gasteiger partial charge in [-0.05, 0) is 42.3 Å². The van der Waals surface area contributed by atoms with Gasteiger partial charge in [-0.25, -0.2) is 0 Å². The fraction of sp³-hybridized carbons (Fsp3) is 0.389. The molecule has 128 valence electrons. The van der Waals surface area contributed by atoms with E-state index in [1.807, 2.05) is 30.3 Å². The minimum atomic E-state index is -0.566. The number of rotatable bonds is 8. The summed E-state index contributed by atoms with van der Waals surface area (Å²) < 4.78 is 16.2. The SMILES string of the molecule is CC(NCC(O)COCc1ccc2c(c1)OCO2)c1ccncc1. The molecule has 0 bridgehead atoms. The van der Waals surface area contributed by atoms with Crippen molar-refractivity contribution in [2.75, 3.05) is 19.9 Å². The molecule has 6 heteroatoms. The average molecular weight is 330 g/mol. The van der Waals surface area contributed by atoms with Crippen LogP contribution in [0, 0.1) is 0 Å². The minimum Gasteiger partial charge on any atom is -0.454 e. The summed E-state index contributed by atoms with van der Waals surface area (Å²) in [5.74, 6) is 1.50. The Morgan fingerprint density at radius 1 is 1.21 bits per heavy atom. The van der Waals surface area contributed by atoms with Gasteiger partial charge < -0.3 is 24.6 Å². The summed E-state index contributed by atoms with van der Waals surface area (Å²) in [5, 5.41) is 13.3. The second-order valence-corrected chi connectivity index (χ2v) is 5.77. The summed E-state index contributed by atoms with van der Waals surface area (Å²) in [6.07, 6.45) is 2.96. The van der Waals surface area contributed by atoms with E-state index in [9.17, 15) is 5.11 Å². The molecule has 0 saturated heterocycles. The number of ether oxygens (including phenoxy) is 3. The maximum atomic E-state index is 10.0. The molecule has 2 N–H and O–H groups in total. The first-order chi connectivity index (χ1) is 11.7. The highest BCUT2D eigenvalue weighted by Gasteiger charge is 2.13. The second kappa shape index (κ2) is 8.10. The Hall–Kier alpha value is -2.15. The maximum absolute atomic E-state index is 10.0. The maximum Gasteiger partial charge on any atom is 0.231 e. The smallest absolute Gasteiger partial charge is 0.231 e. The summed E-state index contributed by atoms with van der Waals surface area (Å²) in [6.45, 7) is 3.47. The molecule has 1 aliphatic rings. The largest absolute Gasteiger partial charge is 0.454 e. The summed E-state index contributed by atoms with van der Waals surface area (Å²) in [6, 6.07) is 9.77. The molecule has 0 spiro atoms. The van der Waals surface area contributed by atoms with Crippen LogP contribution in [0.1, 0.15) is 24.1 Å². The zero-order valence-electron chi connectivity index (χ0n) is 13.6. The van der Waals surface area contributed by atoms with Crippen molar-refractivity contribution in [2.45, 2.75) is 25.7 Å². The van der Waals surface area contributed by atoms with Crippen LogP contribution < -0.4 is 14.8 Å². The highest BCUT2D eigenvalue weighted by molar-refractivity contribution is 5.44. The number of nitrogens with one attached hydrogen (secondary N) is 1. The number of hydrogen-bond donors (Lipinski definition) is 2. The molecule has 1 aromatic carbocycles. The molecular weight excluding hydrogens is 308 g/mol. The van der Waals surface area contributed by atoms with Crippen molar-refractivity contribution in [3.63, 3.8) is 0 Å². The van der Waals surface area contributed by atoms with Gasteiger partial charge >= 0.3 is 0 Å². The third-order valence-corrected chi connectivity index (χ3v) is 3.88. The first kappa shape index (κ1) is 16.7. The van der Waals surface area contributed by atoms with Crippen molar-refractivity contribution < 1.29 is 19.3 Å². The highest BCUT2D eigenvalue weighted by atomic mass is 16.7. The van der Waals surface area contributed by atoms with Gasteiger partial charge in [0.1, 0.15) is 0 Å². The first-order valence-corrected chi connectivity index (χ1v) is 8.00. The number of pyridine rings is 1. The summed E-state index contributed by atoms with van der Waals surface area (Å²) in [4.78, 5) is 4.00.